The molecule has 196 valence electrons. The van der Waals surface area contributed by atoms with E-state index < -0.39 is 0 Å². The summed E-state index contributed by atoms with van der Waals surface area (Å²) in [5, 5.41) is 4.95. The average molecular weight is 518 g/mol. The van der Waals surface area contributed by atoms with Crippen LogP contribution in [-0.2, 0) is 13.0 Å². The van der Waals surface area contributed by atoms with E-state index >= 15 is 0 Å². The predicted molar refractivity (Wildman–Crippen MR) is 154 cm³/mol. The number of unbranched alkanes of at least 4 members (excludes halogenated alkanes) is 3. The molecule has 0 atom stereocenters. The molecule has 0 radical (unpaired) electrons. The quantitative estimate of drug-likeness (QED) is 0.176. The fraction of sp³-hybridized carbons (Fsp3) is 0.419. The monoisotopic (exact) mass is 517 g/mol. The van der Waals surface area contributed by atoms with Crippen molar-refractivity contribution >= 4 is 28.3 Å². The molecule has 6 heteroatoms. The van der Waals surface area contributed by atoms with Gasteiger partial charge in [0.05, 0.1) is 22.5 Å². The van der Waals surface area contributed by atoms with Gasteiger partial charge in [0, 0.05) is 19.5 Å². The number of aryl methyl sites for hydroxylation is 3. The van der Waals surface area contributed by atoms with Gasteiger partial charge in [0.2, 0.25) is 0 Å². The minimum Gasteiger partial charge on any atom is -0.493 e. The molecule has 0 saturated heterocycles. The summed E-state index contributed by atoms with van der Waals surface area (Å²) in [6.07, 6.45) is 6.10. The molecule has 2 heterocycles. The number of fused-ring (bicyclic) bond motifs is 1. The van der Waals surface area contributed by atoms with Crippen LogP contribution in [0.15, 0.2) is 60.0 Å². The van der Waals surface area contributed by atoms with E-state index in [9.17, 15) is 4.79 Å². The summed E-state index contributed by atoms with van der Waals surface area (Å²) in [4.78, 5) is 17.8. The van der Waals surface area contributed by atoms with Crippen LogP contribution >= 0.6 is 11.3 Å². The molecule has 0 aliphatic rings. The summed E-state index contributed by atoms with van der Waals surface area (Å²) >= 11 is 1.48. The van der Waals surface area contributed by atoms with Crippen molar-refractivity contribution in [2.45, 2.75) is 71.8 Å². The first-order valence-electron chi connectivity index (χ1n) is 13.5. The summed E-state index contributed by atoms with van der Waals surface area (Å²) in [6, 6.07) is 18.7. The lowest BCUT2D eigenvalue weighted by Crippen LogP contribution is -2.23. The van der Waals surface area contributed by atoms with Gasteiger partial charge in [0.25, 0.3) is 5.91 Å². The van der Waals surface area contributed by atoms with Gasteiger partial charge in [-0.15, -0.1) is 11.3 Å². The second-order valence-electron chi connectivity index (χ2n) is 9.96. The summed E-state index contributed by atoms with van der Waals surface area (Å²) in [5.74, 6) is 2.66. The maximum absolute atomic E-state index is 12.1. The number of nitrogens with zero attached hydrogens (tertiary/aromatic N) is 2. The second kappa shape index (κ2) is 13.4. The molecule has 0 bridgehead atoms. The van der Waals surface area contributed by atoms with Gasteiger partial charge >= 0.3 is 0 Å². The van der Waals surface area contributed by atoms with Crippen molar-refractivity contribution in [1.29, 1.82) is 0 Å². The largest absolute Gasteiger partial charge is 0.493 e. The number of thiophene rings is 1. The van der Waals surface area contributed by atoms with Crippen LogP contribution in [-0.4, -0.2) is 28.6 Å². The molecule has 4 aromatic rings. The lowest BCUT2D eigenvalue weighted by atomic mass is 10.0. The van der Waals surface area contributed by atoms with Crippen LogP contribution in [0.3, 0.4) is 0 Å². The van der Waals surface area contributed by atoms with Crippen molar-refractivity contribution in [2.24, 2.45) is 0 Å². The summed E-state index contributed by atoms with van der Waals surface area (Å²) < 4.78 is 8.59. The number of hydrogen-bond donors (Lipinski definition) is 1. The van der Waals surface area contributed by atoms with Crippen LogP contribution in [0.5, 0.6) is 5.75 Å². The van der Waals surface area contributed by atoms with E-state index in [-0.39, 0.29) is 5.91 Å². The standard InChI is InChI=1S/C31H39N3O2S/c1-23(2)25-17-16-24(3)22-28(25)36-20-10-9-19-34-27-13-7-6-12-26(27)33-30(34)15-5-4-8-18-32-31(35)29-14-11-21-37-29/h6-7,11-14,16-17,21-23H,4-5,8-10,15,18-20H2,1-3H3,(H,32,35). The third kappa shape index (κ3) is 7.45. The van der Waals surface area contributed by atoms with Crippen molar-refractivity contribution in [1.82, 2.24) is 14.9 Å². The highest BCUT2D eigenvalue weighted by Gasteiger charge is 2.11. The fourth-order valence-corrected chi connectivity index (χ4v) is 5.29. The Balaban J connectivity index is 1.25. The number of aromatic nitrogens is 2. The van der Waals surface area contributed by atoms with E-state index in [1.807, 2.05) is 17.5 Å². The van der Waals surface area contributed by atoms with Gasteiger partial charge in [-0.25, -0.2) is 4.98 Å². The lowest BCUT2D eigenvalue weighted by molar-refractivity contribution is 0.0957. The molecule has 0 unspecified atom stereocenters. The van der Waals surface area contributed by atoms with Crippen LogP contribution in [0, 0.1) is 6.92 Å². The normalized spacial score (nSPS) is 11.4. The van der Waals surface area contributed by atoms with E-state index in [0.29, 0.717) is 12.5 Å². The number of benzene rings is 2. The number of para-hydroxylation sites is 2. The molecule has 4 rings (SSSR count). The molecule has 5 nitrogen and oxygen atoms in total. The van der Waals surface area contributed by atoms with Gasteiger partial charge in [-0.05, 0) is 79.3 Å². The third-order valence-corrected chi connectivity index (χ3v) is 7.53. The molecule has 1 N–H and O–H groups in total. The van der Waals surface area contributed by atoms with Crippen LogP contribution in [0.1, 0.15) is 78.5 Å². The van der Waals surface area contributed by atoms with Crippen LogP contribution in [0.4, 0.5) is 0 Å². The maximum Gasteiger partial charge on any atom is 0.261 e. The van der Waals surface area contributed by atoms with Crippen LogP contribution < -0.4 is 10.1 Å². The Morgan fingerprint density at radius 3 is 2.70 bits per heavy atom. The summed E-state index contributed by atoms with van der Waals surface area (Å²) in [5.41, 5.74) is 4.79. The van der Waals surface area contributed by atoms with Gasteiger partial charge in [0.15, 0.2) is 0 Å². The Kier molecular flexibility index (Phi) is 9.78. The molecular formula is C31H39N3O2S. The zero-order valence-electron chi connectivity index (χ0n) is 22.3. The van der Waals surface area contributed by atoms with Crippen LogP contribution in [0.25, 0.3) is 11.0 Å². The average Bonchev–Trinajstić information content (AvgIpc) is 3.54. The number of carbonyl (C=O) groups excluding carboxylic acids is 1. The number of hydrogen-bond acceptors (Lipinski definition) is 4. The van der Waals surface area contributed by atoms with Gasteiger partial charge in [0.1, 0.15) is 11.6 Å². The summed E-state index contributed by atoms with van der Waals surface area (Å²) in [7, 11) is 0. The number of amides is 1. The molecule has 2 aromatic heterocycles. The number of carbonyl (C=O) groups is 1. The minimum atomic E-state index is 0.0311. The van der Waals surface area contributed by atoms with Gasteiger partial charge in [-0.2, -0.15) is 0 Å². The SMILES string of the molecule is Cc1ccc(C(C)C)c(OCCCCn2c(CCCCCNC(=O)c3cccs3)nc3ccccc32)c1. The van der Waals surface area contributed by atoms with Gasteiger partial charge in [-0.1, -0.05) is 50.6 Å². The molecule has 0 spiro atoms. The Labute approximate surface area is 224 Å². The first-order valence-corrected chi connectivity index (χ1v) is 14.4. The van der Waals surface area contributed by atoms with E-state index in [2.05, 4.69) is 73.1 Å². The van der Waals surface area contributed by atoms with Crippen molar-refractivity contribution in [3.05, 3.63) is 81.8 Å². The number of rotatable bonds is 14. The molecule has 0 aliphatic carbocycles. The highest BCUT2D eigenvalue weighted by Crippen LogP contribution is 2.27. The fourth-order valence-electron chi connectivity index (χ4n) is 4.65. The zero-order chi connectivity index (χ0) is 26.0. The van der Waals surface area contributed by atoms with Crippen molar-refractivity contribution in [2.75, 3.05) is 13.2 Å². The Hall–Kier alpha value is -3.12. The lowest BCUT2D eigenvalue weighted by Gasteiger charge is -2.15. The molecular weight excluding hydrogens is 478 g/mol. The number of nitrogens with one attached hydrogen (secondary N) is 1. The van der Waals surface area contributed by atoms with Crippen molar-refractivity contribution in [3.63, 3.8) is 0 Å². The Morgan fingerprint density at radius 1 is 1.03 bits per heavy atom. The first kappa shape index (κ1) is 26.9. The highest BCUT2D eigenvalue weighted by atomic mass is 32.1. The molecule has 0 aliphatic heterocycles. The van der Waals surface area contributed by atoms with E-state index in [0.717, 1.165) is 73.6 Å². The summed E-state index contributed by atoms with van der Waals surface area (Å²) in [6.45, 7) is 8.93. The third-order valence-electron chi connectivity index (χ3n) is 6.67. The number of ether oxygens (including phenoxy) is 1. The molecule has 1 amide bonds. The van der Waals surface area contributed by atoms with E-state index in [1.165, 1.54) is 28.0 Å². The molecule has 0 fully saturated rings. The van der Waals surface area contributed by atoms with E-state index in [4.69, 9.17) is 9.72 Å². The van der Waals surface area contributed by atoms with Crippen molar-refractivity contribution < 1.29 is 9.53 Å². The molecule has 2 aromatic carbocycles. The minimum absolute atomic E-state index is 0.0311. The van der Waals surface area contributed by atoms with Gasteiger partial charge in [-0.3, -0.25) is 4.79 Å². The smallest absolute Gasteiger partial charge is 0.261 e. The van der Waals surface area contributed by atoms with Crippen LogP contribution in [0.2, 0.25) is 0 Å². The Morgan fingerprint density at radius 2 is 1.89 bits per heavy atom. The maximum atomic E-state index is 12.1. The second-order valence-corrected chi connectivity index (χ2v) is 10.9. The Bertz CT molecular complexity index is 1280. The zero-order valence-corrected chi connectivity index (χ0v) is 23.2. The molecule has 0 saturated carbocycles. The topological polar surface area (TPSA) is 56.1 Å². The van der Waals surface area contributed by atoms with Gasteiger partial charge < -0.3 is 14.6 Å². The first-order chi connectivity index (χ1) is 18.0. The van der Waals surface area contributed by atoms with Crippen molar-refractivity contribution in [3.8, 4) is 5.75 Å². The highest BCUT2D eigenvalue weighted by molar-refractivity contribution is 7.12. The number of imidazole rings is 1. The van der Waals surface area contributed by atoms with E-state index in [1.54, 1.807) is 0 Å². The predicted octanol–water partition coefficient (Wildman–Crippen LogP) is 7.53. The molecule has 37 heavy (non-hydrogen) atoms.